The molecule has 1 saturated heterocycles. The molecule has 0 bridgehead atoms. The second-order valence-electron chi connectivity index (χ2n) is 4.33. The molecule has 5 atom stereocenters. The lowest BCUT2D eigenvalue weighted by Gasteiger charge is -2.21. The third-order valence-corrected chi connectivity index (χ3v) is 6.23. The highest BCUT2D eigenvalue weighted by Crippen LogP contribution is 2.66. The molecule has 134 valence electrons. The molecule has 0 aromatic carbocycles. The summed E-state index contributed by atoms with van der Waals surface area (Å²) in [6.45, 7) is 1.46. The van der Waals surface area contributed by atoms with Crippen molar-refractivity contribution in [2.24, 2.45) is 0 Å². The maximum absolute atomic E-state index is 11.5. The average molecular weight is 396 g/mol. The molecular weight excluding hydrogens is 380 g/mol. The quantitative estimate of drug-likeness (QED) is 0.304. The molecule has 1 heterocycles. The van der Waals surface area contributed by atoms with Crippen molar-refractivity contribution in [3.8, 4) is 0 Å². The Morgan fingerprint density at radius 3 is 2.26 bits per heavy atom. The van der Waals surface area contributed by atoms with Gasteiger partial charge in [-0.3, -0.25) is 4.52 Å². The molecule has 1 aliphatic rings. The monoisotopic (exact) mass is 396 g/mol. The van der Waals surface area contributed by atoms with Gasteiger partial charge >= 0.3 is 23.5 Å². The molecule has 1 fully saturated rings. The van der Waals surface area contributed by atoms with Crippen molar-refractivity contribution in [1.82, 2.24) is 0 Å². The van der Waals surface area contributed by atoms with Crippen molar-refractivity contribution in [3.05, 3.63) is 0 Å². The van der Waals surface area contributed by atoms with Crippen molar-refractivity contribution in [1.29, 1.82) is 0 Å². The molecule has 23 heavy (non-hydrogen) atoms. The van der Waals surface area contributed by atoms with E-state index in [1.807, 2.05) is 0 Å². The zero-order valence-electron chi connectivity index (χ0n) is 11.8. The van der Waals surface area contributed by atoms with E-state index in [2.05, 4.69) is 13.1 Å². The Labute approximate surface area is 132 Å². The van der Waals surface area contributed by atoms with Gasteiger partial charge in [0.1, 0.15) is 14.0 Å². The summed E-state index contributed by atoms with van der Waals surface area (Å²) in [5, 5.41) is 0. The summed E-state index contributed by atoms with van der Waals surface area (Å²) in [6.07, 6.45) is -1.06. The van der Waals surface area contributed by atoms with E-state index in [1.165, 1.54) is 0 Å². The second-order valence-corrected chi connectivity index (χ2v) is 8.75. The van der Waals surface area contributed by atoms with Crippen LogP contribution in [0.1, 0.15) is 13.3 Å². The maximum Gasteiger partial charge on any atom is 0.490 e. The zero-order chi connectivity index (χ0) is 17.9. The van der Waals surface area contributed by atoms with Crippen molar-refractivity contribution < 1.29 is 55.9 Å². The summed E-state index contributed by atoms with van der Waals surface area (Å²) in [4.78, 5) is 35.1. The standard InChI is InChI=1S/C7H16BO12P3/c1-2-16-5-3-7(8)18-6(5)4-17-22(12,13)20-23(14,15)19-21(9,10)11/h5-7H,2-4H2,1H3,(H,12,13)(H,14,15)(H2,9,10,11). The number of rotatable bonds is 9. The molecule has 0 aromatic rings. The summed E-state index contributed by atoms with van der Waals surface area (Å²) in [5.74, 6) is 0. The first-order valence-electron chi connectivity index (χ1n) is 6.14. The van der Waals surface area contributed by atoms with Crippen LogP contribution in [0, 0.1) is 0 Å². The van der Waals surface area contributed by atoms with Gasteiger partial charge in [0.2, 0.25) is 0 Å². The van der Waals surface area contributed by atoms with Gasteiger partial charge in [0, 0.05) is 12.6 Å². The predicted octanol–water partition coefficient (Wildman–Crippen LogP) is 0.0183. The highest BCUT2D eigenvalue weighted by atomic mass is 31.3. The molecule has 0 saturated carbocycles. The highest BCUT2D eigenvalue weighted by molar-refractivity contribution is 7.66. The minimum Gasteiger partial charge on any atom is -0.380 e. The Kier molecular flexibility index (Phi) is 7.63. The van der Waals surface area contributed by atoms with Crippen molar-refractivity contribution >= 4 is 31.3 Å². The minimum atomic E-state index is -5.53. The van der Waals surface area contributed by atoms with Gasteiger partial charge < -0.3 is 29.0 Å². The van der Waals surface area contributed by atoms with Gasteiger partial charge in [0.15, 0.2) is 0 Å². The fourth-order valence-electron chi connectivity index (χ4n) is 1.76. The molecule has 0 amide bonds. The lowest BCUT2D eigenvalue weighted by Crippen LogP contribution is -2.29. The molecular formula is C7H16BO12P3. The smallest absolute Gasteiger partial charge is 0.380 e. The molecule has 4 N–H and O–H groups in total. The van der Waals surface area contributed by atoms with Gasteiger partial charge in [-0.1, -0.05) is 0 Å². The normalized spacial score (nSPS) is 30.7. The van der Waals surface area contributed by atoms with Crippen LogP contribution < -0.4 is 0 Å². The van der Waals surface area contributed by atoms with Gasteiger partial charge in [0.05, 0.1) is 12.7 Å². The molecule has 0 aliphatic carbocycles. The van der Waals surface area contributed by atoms with E-state index in [0.29, 0.717) is 13.0 Å². The lowest BCUT2D eigenvalue weighted by molar-refractivity contribution is -0.0330. The van der Waals surface area contributed by atoms with Crippen LogP contribution in [0.2, 0.25) is 0 Å². The fourth-order valence-corrected chi connectivity index (χ4v) is 4.79. The van der Waals surface area contributed by atoms with Crippen LogP contribution >= 0.6 is 23.5 Å². The zero-order valence-corrected chi connectivity index (χ0v) is 14.5. The Bertz CT molecular complexity index is 535. The van der Waals surface area contributed by atoms with E-state index in [9.17, 15) is 18.6 Å². The Morgan fingerprint density at radius 1 is 1.13 bits per heavy atom. The average Bonchev–Trinajstić information content (AvgIpc) is 2.63. The van der Waals surface area contributed by atoms with Crippen molar-refractivity contribution in [2.75, 3.05) is 13.2 Å². The van der Waals surface area contributed by atoms with Crippen LogP contribution in [0.3, 0.4) is 0 Å². The van der Waals surface area contributed by atoms with Crippen LogP contribution in [-0.4, -0.2) is 58.8 Å². The first-order chi connectivity index (χ1) is 10.3. The van der Waals surface area contributed by atoms with E-state index < -0.39 is 48.3 Å². The third-order valence-electron chi connectivity index (χ3n) is 2.43. The Balaban J connectivity index is 2.60. The molecule has 12 nitrogen and oxygen atoms in total. The lowest BCUT2D eigenvalue weighted by atomic mass is 9.96. The molecule has 1 rings (SSSR count). The van der Waals surface area contributed by atoms with Gasteiger partial charge in [-0.25, -0.2) is 13.7 Å². The van der Waals surface area contributed by atoms with Crippen molar-refractivity contribution in [3.63, 3.8) is 0 Å². The first kappa shape index (κ1) is 21.4. The van der Waals surface area contributed by atoms with Crippen LogP contribution in [0.4, 0.5) is 0 Å². The van der Waals surface area contributed by atoms with Crippen LogP contribution in [0.25, 0.3) is 0 Å². The van der Waals surface area contributed by atoms with E-state index in [1.54, 1.807) is 6.92 Å². The summed E-state index contributed by atoms with van der Waals surface area (Å²) >= 11 is 0. The topological polar surface area (TPSA) is 178 Å². The summed E-state index contributed by atoms with van der Waals surface area (Å²) in [6, 6.07) is -0.680. The maximum atomic E-state index is 11.5. The molecule has 0 aromatic heterocycles. The van der Waals surface area contributed by atoms with Gasteiger partial charge in [-0.15, -0.1) is 0 Å². The van der Waals surface area contributed by atoms with E-state index >= 15 is 0 Å². The molecule has 0 spiro atoms. The van der Waals surface area contributed by atoms with E-state index in [-0.39, 0.29) is 0 Å². The van der Waals surface area contributed by atoms with Crippen molar-refractivity contribution in [2.45, 2.75) is 31.6 Å². The van der Waals surface area contributed by atoms with Crippen LogP contribution in [-0.2, 0) is 36.3 Å². The summed E-state index contributed by atoms with van der Waals surface area (Å²) in [5.41, 5.74) is 0. The van der Waals surface area contributed by atoms with E-state index in [4.69, 9.17) is 32.0 Å². The first-order valence-corrected chi connectivity index (χ1v) is 10.7. The summed E-state index contributed by atoms with van der Waals surface area (Å²) in [7, 11) is -10.6. The number of hydrogen-bond acceptors (Lipinski definition) is 8. The highest BCUT2D eigenvalue weighted by Gasteiger charge is 2.42. The third kappa shape index (κ3) is 8.35. The predicted molar refractivity (Wildman–Crippen MR) is 74.3 cm³/mol. The summed E-state index contributed by atoms with van der Waals surface area (Å²) < 4.78 is 55.2. The van der Waals surface area contributed by atoms with Gasteiger partial charge in [0.25, 0.3) is 0 Å². The second kappa shape index (κ2) is 8.18. The Hall–Kier alpha value is 0.395. The molecule has 16 heteroatoms. The molecule has 2 radical (unpaired) electrons. The fraction of sp³-hybridized carbons (Fsp3) is 1.00. The van der Waals surface area contributed by atoms with Gasteiger partial charge in [-0.05, 0) is 13.3 Å². The Morgan fingerprint density at radius 2 is 1.74 bits per heavy atom. The number of hydrogen-bond donors (Lipinski definition) is 4. The van der Waals surface area contributed by atoms with Gasteiger partial charge in [-0.2, -0.15) is 8.62 Å². The van der Waals surface area contributed by atoms with E-state index in [0.717, 1.165) is 0 Å². The largest absolute Gasteiger partial charge is 0.490 e. The SMILES string of the molecule is [B]C1CC(OCC)C(COP(=O)(O)OP(=O)(O)OP(=O)(O)O)O1. The number of ether oxygens (including phenoxy) is 2. The molecule has 1 aliphatic heterocycles. The van der Waals surface area contributed by atoms with Crippen LogP contribution in [0.15, 0.2) is 0 Å². The minimum absolute atomic E-state index is 0.304. The van der Waals surface area contributed by atoms with Crippen LogP contribution in [0.5, 0.6) is 0 Å². The number of phosphoric ester groups is 1. The molecule has 5 unspecified atom stereocenters. The number of phosphoric acid groups is 3.